The fraction of sp³-hybridized carbons (Fsp3) is 0.583. The van der Waals surface area contributed by atoms with Gasteiger partial charge in [0.2, 0.25) is 0 Å². The van der Waals surface area contributed by atoms with Crippen LogP contribution >= 0.6 is 11.6 Å². The minimum atomic E-state index is -4.33. The van der Waals surface area contributed by atoms with Crippen LogP contribution in [0.15, 0.2) is 18.3 Å². The van der Waals surface area contributed by atoms with Crippen molar-refractivity contribution in [2.24, 2.45) is 5.92 Å². The summed E-state index contributed by atoms with van der Waals surface area (Å²) in [5, 5.41) is 3.15. The van der Waals surface area contributed by atoms with Gasteiger partial charge >= 0.3 is 6.18 Å². The van der Waals surface area contributed by atoms with E-state index in [9.17, 15) is 13.2 Å². The van der Waals surface area contributed by atoms with Crippen molar-refractivity contribution >= 4 is 17.4 Å². The first-order chi connectivity index (χ1) is 8.45. The molecule has 0 radical (unpaired) electrons. The van der Waals surface area contributed by atoms with Crippen LogP contribution in [-0.4, -0.2) is 16.9 Å². The predicted molar refractivity (Wildman–Crippen MR) is 64.7 cm³/mol. The summed E-state index contributed by atoms with van der Waals surface area (Å²) in [6, 6.07) is 2.00. The maximum atomic E-state index is 12.5. The van der Waals surface area contributed by atoms with Crippen LogP contribution in [0, 0.1) is 5.92 Å². The Labute approximate surface area is 109 Å². The summed E-state index contributed by atoms with van der Waals surface area (Å²) in [6.07, 6.45) is -0.254. The van der Waals surface area contributed by atoms with Gasteiger partial charge in [-0.3, -0.25) is 0 Å². The second-order valence-corrected chi connectivity index (χ2v) is 5.20. The molecule has 18 heavy (non-hydrogen) atoms. The van der Waals surface area contributed by atoms with Gasteiger partial charge in [-0.2, -0.15) is 13.2 Å². The molecule has 1 heterocycles. The Morgan fingerprint density at radius 3 is 2.78 bits per heavy atom. The van der Waals surface area contributed by atoms with Gasteiger partial charge in [0.1, 0.15) is 5.82 Å². The van der Waals surface area contributed by atoms with Crippen LogP contribution in [0.5, 0.6) is 0 Å². The zero-order valence-corrected chi connectivity index (χ0v) is 10.4. The fourth-order valence-corrected chi connectivity index (χ4v) is 2.53. The maximum Gasteiger partial charge on any atom is 0.416 e. The van der Waals surface area contributed by atoms with Gasteiger partial charge in [-0.25, -0.2) is 4.98 Å². The third-order valence-corrected chi connectivity index (χ3v) is 3.53. The third-order valence-electron chi connectivity index (χ3n) is 3.14. The van der Waals surface area contributed by atoms with E-state index in [0.717, 1.165) is 31.4 Å². The smallest absolute Gasteiger partial charge is 0.370 e. The highest BCUT2D eigenvalue weighted by Gasteiger charge is 2.30. The summed E-state index contributed by atoms with van der Waals surface area (Å²) in [4.78, 5) is 3.89. The number of aromatic nitrogens is 1. The molecular weight excluding hydrogens is 265 g/mol. The van der Waals surface area contributed by atoms with E-state index in [0.29, 0.717) is 12.5 Å². The molecule has 2 nitrogen and oxygen atoms in total. The highest BCUT2D eigenvalue weighted by atomic mass is 35.5. The van der Waals surface area contributed by atoms with Gasteiger partial charge in [-0.05, 0) is 37.3 Å². The zero-order valence-electron chi connectivity index (χ0n) is 9.67. The molecule has 1 aliphatic rings. The average Bonchev–Trinajstić information content (AvgIpc) is 2.72. The van der Waals surface area contributed by atoms with Crippen molar-refractivity contribution in [1.82, 2.24) is 4.98 Å². The highest BCUT2D eigenvalue weighted by molar-refractivity contribution is 6.20. The summed E-state index contributed by atoms with van der Waals surface area (Å²) >= 11 is 5.98. The molecule has 0 aliphatic heterocycles. The zero-order chi connectivity index (χ0) is 13.2. The lowest BCUT2D eigenvalue weighted by Crippen LogP contribution is -2.13. The van der Waals surface area contributed by atoms with Crippen molar-refractivity contribution in [3.63, 3.8) is 0 Å². The van der Waals surface area contributed by atoms with Gasteiger partial charge in [0.25, 0.3) is 0 Å². The van der Waals surface area contributed by atoms with Crippen LogP contribution in [0.2, 0.25) is 0 Å². The maximum absolute atomic E-state index is 12.5. The van der Waals surface area contributed by atoms with E-state index in [2.05, 4.69) is 10.3 Å². The molecule has 1 N–H and O–H groups in total. The summed E-state index contributed by atoms with van der Waals surface area (Å²) < 4.78 is 37.5. The Balaban J connectivity index is 1.93. The van der Waals surface area contributed by atoms with Crippen LogP contribution in [0.4, 0.5) is 19.0 Å². The van der Waals surface area contributed by atoms with E-state index in [4.69, 9.17) is 11.6 Å². The summed E-state index contributed by atoms with van der Waals surface area (Å²) in [6.45, 7) is 0.623. The van der Waals surface area contributed by atoms with Gasteiger partial charge in [-0.1, -0.05) is 0 Å². The number of anilines is 1. The lowest BCUT2D eigenvalue weighted by atomic mass is 10.1. The SMILES string of the molecule is FC(F)(F)c1ccnc(NCC2CCC(Cl)C2)c1. The average molecular weight is 279 g/mol. The molecule has 2 rings (SSSR count). The molecule has 2 unspecified atom stereocenters. The Hall–Kier alpha value is -0.970. The number of nitrogens with one attached hydrogen (secondary N) is 1. The molecule has 100 valence electrons. The van der Waals surface area contributed by atoms with Crippen molar-refractivity contribution in [1.29, 1.82) is 0 Å². The topological polar surface area (TPSA) is 24.9 Å². The number of nitrogens with zero attached hydrogens (tertiary/aromatic N) is 1. The molecule has 0 aromatic carbocycles. The Morgan fingerprint density at radius 1 is 1.39 bits per heavy atom. The monoisotopic (exact) mass is 278 g/mol. The second-order valence-electron chi connectivity index (χ2n) is 4.58. The summed E-state index contributed by atoms with van der Waals surface area (Å²) in [7, 11) is 0. The molecule has 6 heteroatoms. The van der Waals surface area contributed by atoms with Crippen molar-refractivity contribution in [2.45, 2.75) is 30.8 Å². The van der Waals surface area contributed by atoms with Crippen molar-refractivity contribution in [3.05, 3.63) is 23.9 Å². The van der Waals surface area contributed by atoms with E-state index >= 15 is 0 Å². The lowest BCUT2D eigenvalue weighted by Gasteiger charge is -2.13. The number of alkyl halides is 4. The molecule has 1 fully saturated rings. The van der Waals surface area contributed by atoms with E-state index in [1.165, 1.54) is 6.20 Å². The van der Waals surface area contributed by atoms with Gasteiger partial charge in [0.05, 0.1) is 5.56 Å². The Kier molecular flexibility index (Phi) is 4.00. The number of halogens is 4. The first kappa shape index (κ1) is 13.5. The van der Waals surface area contributed by atoms with Gasteiger partial charge in [0, 0.05) is 18.1 Å². The molecular formula is C12H14ClF3N2. The molecule has 1 aliphatic carbocycles. The largest absolute Gasteiger partial charge is 0.416 e. The van der Waals surface area contributed by atoms with E-state index < -0.39 is 11.7 Å². The van der Waals surface area contributed by atoms with Crippen LogP contribution in [-0.2, 0) is 6.18 Å². The molecule has 2 atom stereocenters. The van der Waals surface area contributed by atoms with Crippen molar-refractivity contribution < 1.29 is 13.2 Å². The molecule has 1 aromatic heterocycles. The molecule has 1 aromatic rings. The minimum absolute atomic E-state index is 0.200. The summed E-state index contributed by atoms with van der Waals surface area (Å²) in [5.74, 6) is 0.687. The number of pyridine rings is 1. The van der Waals surface area contributed by atoms with E-state index in [1.54, 1.807) is 0 Å². The van der Waals surface area contributed by atoms with Crippen LogP contribution in [0.25, 0.3) is 0 Å². The minimum Gasteiger partial charge on any atom is -0.370 e. The normalized spacial score (nSPS) is 24.2. The standard InChI is InChI=1S/C12H14ClF3N2/c13-10-2-1-8(5-10)7-18-11-6-9(3-4-17-11)12(14,15)16/h3-4,6,8,10H,1-2,5,7H2,(H,17,18). The molecule has 0 amide bonds. The van der Waals surface area contributed by atoms with Crippen LogP contribution in [0.3, 0.4) is 0 Å². The van der Waals surface area contributed by atoms with Crippen LogP contribution < -0.4 is 5.32 Å². The van der Waals surface area contributed by atoms with Gasteiger partial charge < -0.3 is 5.32 Å². The van der Waals surface area contributed by atoms with E-state index in [1.807, 2.05) is 0 Å². The number of rotatable bonds is 3. The predicted octanol–water partition coefficient (Wildman–Crippen LogP) is 3.92. The third kappa shape index (κ3) is 3.51. The van der Waals surface area contributed by atoms with E-state index in [-0.39, 0.29) is 11.2 Å². The van der Waals surface area contributed by atoms with Gasteiger partial charge in [-0.15, -0.1) is 11.6 Å². The quantitative estimate of drug-likeness (QED) is 0.848. The molecule has 0 bridgehead atoms. The van der Waals surface area contributed by atoms with Crippen molar-refractivity contribution in [2.75, 3.05) is 11.9 Å². The first-order valence-corrected chi connectivity index (χ1v) is 6.30. The first-order valence-electron chi connectivity index (χ1n) is 5.86. The number of hydrogen-bond acceptors (Lipinski definition) is 2. The van der Waals surface area contributed by atoms with Gasteiger partial charge in [0.15, 0.2) is 0 Å². The highest BCUT2D eigenvalue weighted by Crippen LogP contribution is 2.31. The Bertz CT molecular complexity index is 409. The lowest BCUT2D eigenvalue weighted by molar-refractivity contribution is -0.137. The molecule has 1 saturated carbocycles. The molecule has 0 saturated heterocycles. The number of hydrogen-bond donors (Lipinski definition) is 1. The van der Waals surface area contributed by atoms with Crippen LogP contribution in [0.1, 0.15) is 24.8 Å². The fourth-order valence-electron chi connectivity index (χ4n) is 2.15. The summed E-state index contributed by atoms with van der Waals surface area (Å²) in [5.41, 5.74) is -0.679. The second kappa shape index (κ2) is 5.34. The molecule has 0 spiro atoms. The Morgan fingerprint density at radius 2 is 2.17 bits per heavy atom. The van der Waals surface area contributed by atoms with Crippen molar-refractivity contribution in [3.8, 4) is 0 Å².